The molecule has 1 N–H and O–H groups in total. The summed E-state index contributed by atoms with van der Waals surface area (Å²) >= 11 is 0. The molecule has 8 heteroatoms. The minimum atomic E-state index is -0.435. The number of hydrogen-bond acceptors (Lipinski definition) is 5. The van der Waals surface area contributed by atoms with Gasteiger partial charge in [-0.2, -0.15) is 0 Å². The molecule has 1 saturated heterocycles. The number of rotatable bonds is 2. The van der Waals surface area contributed by atoms with Crippen LogP contribution in [0.1, 0.15) is 21.7 Å². The van der Waals surface area contributed by atoms with Gasteiger partial charge in [0.15, 0.2) is 11.6 Å². The van der Waals surface area contributed by atoms with Crippen LogP contribution in [0.4, 0.5) is 4.79 Å². The number of hydrogen-bond donors (Lipinski definition) is 1. The zero-order valence-electron chi connectivity index (χ0n) is 15.8. The molecule has 1 aliphatic heterocycles. The number of benzene rings is 1. The van der Waals surface area contributed by atoms with Crippen LogP contribution in [0.5, 0.6) is 5.75 Å². The van der Waals surface area contributed by atoms with E-state index in [4.69, 9.17) is 4.74 Å². The molecule has 0 spiro atoms. The molecular weight excluding hydrogens is 358 g/mol. The van der Waals surface area contributed by atoms with Crippen molar-refractivity contribution in [2.45, 2.75) is 13.8 Å². The standard InChI is InChI=1S/C20H21N5O3/c1-13-10-14(2)17-16(11-13)22-18(23-17)19(26)24-6-8-25(9-7-24)20(27)28-15-4-3-5-21-12-15/h3-5,10-12H,6-9H2,1-2H3,(H,22,23). The van der Waals surface area contributed by atoms with Crippen LogP contribution in [0.2, 0.25) is 0 Å². The summed E-state index contributed by atoms with van der Waals surface area (Å²) in [6.07, 6.45) is 2.67. The van der Waals surface area contributed by atoms with Crippen molar-refractivity contribution in [3.63, 3.8) is 0 Å². The first-order valence-corrected chi connectivity index (χ1v) is 9.14. The van der Waals surface area contributed by atoms with Crippen LogP contribution in [0.25, 0.3) is 11.0 Å². The molecule has 0 radical (unpaired) electrons. The largest absolute Gasteiger partial charge is 0.415 e. The van der Waals surface area contributed by atoms with Crippen LogP contribution in [0.15, 0.2) is 36.7 Å². The summed E-state index contributed by atoms with van der Waals surface area (Å²) in [6, 6.07) is 7.41. The van der Waals surface area contributed by atoms with Gasteiger partial charge in [0.25, 0.3) is 5.91 Å². The number of nitrogens with zero attached hydrogens (tertiary/aromatic N) is 4. The van der Waals surface area contributed by atoms with Gasteiger partial charge in [0.1, 0.15) is 0 Å². The molecule has 4 rings (SSSR count). The minimum Gasteiger partial charge on any atom is -0.409 e. The topological polar surface area (TPSA) is 91.4 Å². The monoisotopic (exact) mass is 379 g/mol. The average Bonchev–Trinajstić information content (AvgIpc) is 3.13. The molecule has 0 unspecified atom stereocenters. The number of piperazine rings is 1. The molecule has 0 saturated carbocycles. The maximum absolute atomic E-state index is 12.8. The van der Waals surface area contributed by atoms with Crippen LogP contribution < -0.4 is 4.74 Å². The van der Waals surface area contributed by atoms with Crippen molar-refractivity contribution in [3.8, 4) is 5.75 Å². The number of imidazole rings is 1. The van der Waals surface area contributed by atoms with Crippen molar-refractivity contribution in [1.29, 1.82) is 0 Å². The fourth-order valence-electron chi connectivity index (χ4n) is 3.39. The smallest absolute Gasteiger partial charge is 0.409 e. The van der Waals surface area contributed by atoms with Crippen molar-refractivity contribution < 1.29 is 14.3 Å². The Morgan fingerprint density at radius 1 is 1.11 bits per heavy atom. The predicted octanol–water partition coefficient (Wildman–Crippen LogP) is 2.53. The third kappa shape index (κ3) is 3.53. The highest BCUT2D eigenvalue weighted by Gasteiger charge is 2.27. The zero-order chi connectivity index (χ0) is 19.7. The van der Waals surface area contributed by atoms with Crippen LogP contribution in [-0.4, -0.2) is 62.9 Å². The van der Waals surface area contributed by atoms with E-state index in [2.05, 4.69) is 15.0 Å². The Balaban J connectivity index is 1.40. The first kappa shape index (κ1) is 18.0. The van der Waals surface area contributed by atoms with Crippen LogP contribution in [-0.2, 0) is 0 Å². The van der Waals surface area contributed by atoms with Gasteiger partial charge in [0.2, 0.25) is 0 Å². The van der Waals surface area contributed by atoms with E-state index >= 15 is 0 Å². The van der Waals surface area contributed by atoms with Gasteiger partial charge in [-0.1, -0.05) is 6.07 Å². The number of nitrogens with one attached hydrogen (secondary N) is 1. The van der Waals surface area contributed by atoms with Gasteiger partial charge in [-0.3, -0.25) is 9.78 Å². The van der Waals surface area contributed by atoms with Crippen LogP contribution in [0, 0.1) is 13.8 Å². The fourth-order valence-corrected chi connectivity index (χ4v) is 3.39. The number of aromatic nitrogens is 3. The second-order valence-corrected chi connectivity index (χ2v) is 6.90. The van der Waals surface area contributed by atoms with E-state index < -0.39 is 6.09 Å². The fraction of sp³-hybridized carbons (Fsp3) is 0.300. The number of fused-ring (bicyclic) bond motifs is 1. The predicted molar refractivity (Wildman–Crippen MR) is 103 cm³/mol. The Hall–Kier alpha value is -3.42. The van der Waals surface area contributed by atoms with Crippen molar-refractivity contribution in [3.05, 3.63) is 53.6 Å². The van der Waals surface area contributed by atoms with E-state index in [1.165, 1.54) is 6.20 Å². The lowest BCUT2D eigenvalue weighted by Gasteiger charge is -2.33. The lowest BCUT2D eigenvalue weighted by atomic mass is 10.1. The number of carbonyl (C=O) groups is 2. The summed E-state index contributed by atoms with van der Waals surface area (Å²) in [4.78, 5) is 39.9. The second kappa shape index (κ2) is 7.30. The Morgan fingerprint density at radius 2 is 1.86 bits per heavy atom. The van der Waals surface area contributed by atoms with Gasteiger partial charge in [-0.05, 0) is 43.2 Å². The highest BCUT2D eigenvalue weighted by molar-refractivity contribution is 5.95. The molecular formula is C20H21N5O3. The van der Waals surface area contributed by atoms with E-state index in [1.807, 2.05) is 26.0 Å². The van der Waals surface area contributed by atoms with Crippen molar-refractivity contribution in [2.24, 2.45) is 0 Å². The number of H-pyrrole nitrogens is 1. The summed E-state index contributed by atoms with van der Waals surface area (Å²) in [5, 5.41) is 0. The zero-order valence-corrected chi connectivity index (χ0v) is 15.8. The first-order valence-electron chi connectivity index (χ1n) is 9.14. The van der Waals surface area contributed by atoms with Crippen molar-refractivity contribution >= 4 is 23.0 Å². The third-order valence-corrected chi connectivity index (χ3v) is 4.79. The number of pyridine rings is 1. The van der Waals surface area contributed by atoms with E-state index in [0.29, 0.717) is 37.8 Å². The van der Waals surface area contributed by atoms with Crippen LogP contribution >= 0.6 is 0 Å². The maximum atomic E-state index is 12.8. The van der Waals surface area contributed by atoms with Gasteiger partial charge in [-0.15, -0.1) is 0 Å². The lowest BCUT2D eigenvalue weighted by Crippen LogP contribution is -2.51. The molecule has 8 nitrogen and oxygen atoms in total. The van der Waals surface area contributed by atoms with Gasteiger partial charge >= 0.3 is 6.09 Å². The molecule has 3 aromatic rings. The SMILES string of the molecule is Cc1cc(C)c2nc(C(=O)N3CCN(C(=O)Oc4cccnc4)CC3)[nH]c2c1. The minimum absolute atomic E-state index is 0.159. The second-order valence-electron chi connectivity index (χ2n) is 6.90. The van der Waals surface area contributed by atoms with Crippen molar-refractivity contribution in [2.75, 3.05) is 26.2 Å². The molecule has 0 bridgehead atoms. The molecule has 2 aromatic heterocycles. The molecule has 1 aromatic carbocycles. The quantitative estimate of drug-likeness (QED) is 0.739. The Morgan fingerprint density at radius 3 is 2.57 bits per heavy atom. The molecule has 2 amide bonds. The van der Waals surface area contributed by atoms with Gasteiger partial charge in [-0.25, -0.2) is 9.78 Å². The van der Waals surface area contributed by atoms with Crippen molar-refractivity contribution in [1.82, 2.24) is 24.8 Å². The van der Waals surface area contributed by atoms with E-state index in [9.17, 15) is 9.59 Å². The lowest BCUT2D eigenvalue weighted by molar-refractivity contribution is 0.0623. The highest BCUT2D eigenvalue weighted by atomic mass is 16.6. The van der Waals surface area contributed by atoms with E-state index in [0.717, 1.165) is 22.2 Å². The number of aryl methyl sites for hydroxylation is 2. The highest BCUT2D eigenvalue weighted by Crippen LogP contribution is 2.19. The van der Waals surface area contributed by atoms with Gasteiger partial charge in [0, 0.05) is 32.4 Å². The number of amides is 2. The summed E-state index contributed by atoms with van der Waals surface area (Å²) in [5.74, 6) is 0.572. The Kier molecular flexibility index (Phi) is 4.68. The third-order valence-electron chi connectivity index (χ3n) is 4.79. The summed E-state index contributed by atoms with van der Waals surface area (Å²) in [6.45, 7) is 5.66. The molecule has 3 heterocycles. The summed E-state index contributed by atoms with van der Waals surface area (Å²) < 4.78 is 5.30. The molecule has 1 fully saturated rings. The Labute approximate surface area is 162 Å². The molecule has 144 valence electrons. The number of carbonyl (C=O) groups excluding carboxylic acids is 2. The van der Waals surface area contributed by atoms with E-state index in [-0.39, 0.29) is 5.91 Å². The molecule has 0 atom stereocenters. The number of ether oxygens (including phenoxy) is 1. The normalized spacial score (nSPS) is 14.4. The molecule has 0 aliphatic carbocycles. The van der Waals surface area contributed by atoms with Crippen LogP contribution in [0.3, 0.4) is 0 Å². The first-order chi connectivity index (χ1) is 13.5. The maximum Gasteiger partial charge on any atom is 0.415 e. The van der Waals surface area contributed by atoms with Gasteiger partial charge in [0.05, 0.1) is 17.2 Å². The molecule has 28 heavy (non-hydrogen) atoms. The average molecular weight is 379 g/mol. The summed E-state index contributed by atoms with van der Waals surface area (Å²) in [7, 11) is 0. The van der Waals surface area contributed by atoms with Gasteiger partial charge < -0.3 is 19.5 Å². The Bertz CT molecular complexity index is 1020. The van der Waals surface area contributed by atoms with E-state index in [1.54, 1.807) is 28.1 Å². The summed E-state index contributed by atoms with van der Waals surface area (Å²) in [5.41, 5.74) is 3.83. The molecule has 1 aliphatic rings. The number of aromatic amines is 1.